The highest BCUT2D eigenvalue weighted by Crippen LogP contribution is 2.00. The van der Waals surface area contributed by atoms with Crippen molar-refractivity contribution in [3.05, 3.63) is 35.9 Å². The van der Waals surface area contributed by atoms with Gasteiger partial charge in [0.15, 0.2) is 0 Å². The molecule has 7 heteroatoms. The quantitative estimate of drug-likeness (QED) is 0.661. The molecule has 7 nitrogen and oxygen atoms in total. The summed E-state index contributed by atoms with van der Waals surface area (Å²) in [5.41, 5.74) is 6.36. The molecule has 1 aromatic rings. The van der Waals surface area contributed by atoms with E-state index in [1.54, 1.807) is 0 Å². The zero-order valence-electron chi connectivity index (χ0n) is 12.4. The SMILES string of the molecule is COC(=O)[C@H](N)CCC(=O)NCC(=O)OCc1ccccc1. The van der Waals surface area contributed by atoms with Gasteiger partial charge < -0.3 is 20.5 Å². The van der Waals surface area contributed by atoms with Gasteiger partial charge in [-0.2, -0.15) is 0 Å². The first-order valence-corrected chi connectivity index (χ1v) is 6.82. The van der Waals surface area contributed by atoms with E-state index in [2.05, 4.69) is 10.1 Å². The lowest BCUT2D eigenvalue weighted by molar-refractivity contribution is -0.145. The molecule has 0 spiro atoms. The van der Waals surface area contributed by atoms with Gasteiger partial charge in [-0.15, -0.1) is 0 Å². The molecule has 0 aliphatic carbocycles. The number of esters is 2. The average Bonchev–Trinajstić information content (AvgIpc) is 2.55. The first kappa shape index (κ1) is 17.6. The number of nitrogens with two attached hydrogens (primary N) is 1. The smallest absolute Gasteiger partial charge is 0.325 e. The van der Waals surface area contributed by atoms with Gasteiger partial charge in [-0.25, -0.2) is 0 Å². The predicted octanol–water partition coefficient (Wildman–Crippen LogP) is 0.127. The van der Waals surface area contributed by atoms with E-state index in [4.69, 9.17) is 10.5 Å². The van der Waals surface area contributed by atoms with Gasteiger partial charge >= 0.3 is 11.9 Å². The number of benzene rings is 1. The number of amides is 1. The molecule has 0 aromatic heterocycles. The number of hydrogen-bond acceptors (Lipinski definition) is 6. The summed E-state index contributed by atoms with van der Waals surface area (Å²) in [6.45, 7) is -0.0676. The van der Waals surface area contributed by atoms with Crippen LogP contribution in [0.1, 0.15) is 18.4 Å². The standard InChI is InChI=1S/C15H20N2O5/c1-21-15(20)12(16)7-8-13(18)17-9-14(19)22-10-11-5-3-2-4-6-11/h2-6,12H,7-10,16H2,1H3,(H,17,18)/t12-/m1/s1. The molecule has 0 fully saturated rings. The normalized spacial score (nSPS) is 11.4. The molecule has 0 heterocycles. The Kier molecular flexibility index (Phi) is 7.63. The predicted molar refractivity (Wildman–Crippen MR) is 78.5 cm³/mol. The number of carbonyl (C=O) groups excluding carboxylic acids is 3. The molecule has 0 radical (unpaired) electrons. The maximum Gasteiger partial charge on any atom is 0.325 e. The highest BCUT2D eigenvalue weighted by atomic mass is 16.5. The number of carbonyl (C=O) groups is 3. The summed E-state index contributed by atoms with van der Waals surface area (Å²) < 4.78 is 9.45. The molecule has 1 aromatic carbocycles. The zero-order chi connectivity index (χ0) is 16.4. The Morgan fingerprint density at radius 2 is 1.91 bits per heavy atom. The lowest BCUT2D eigenvalue weighted by Gasteiger charge is -2.09. The summed E-state index contributed by atoms with van der Waals surface area (Å²) >= 11 is 0. The number of nitrogens with one attached hydrogen (secondary N) is 1. The van der Waals surface area contributed by atoms with Crippen molar-refractivity contribution < 1.29 is 23.9 Å². The molecular formula is C15H20N2O5. The van der Waals surface area contributed by atoms with Crippen LogP contribution in [0.3, 0.4) is 0 Å². The van der Waals surface area contributed by atoms with Gasteiger partial charge in [-0.3, -0.25) is 14.4 Å². The fourth-order valence-electron chi connectivity index (χ4n) is 1.60. The first-order chi connectivity index (χ1) is 10.5. The number of ether oxygens (including phenoxy) is 2. The molecule has 120 valence electrons. The summed E-state index contributed by atoms with van der Waals surface area (Å²) in [6, 6.07) is 8.37. The third-order valence-corrected chi connectivity index (χ3v) is 2.86. The van der Waals surface area contributed by atoms with E-state index in [1.165, 1.54) is 7.11 Å². The van der Waals surface area contributed by atoms with Crippen LogP contribution in [0.2, 0.25) is 0 Å². The first-order valence-electron chi connectivity index (χ1n) is 6.82. The Morgan fingerprint density at radius 1 is 1.23 bits per heavy atom. The third kappa shape index (κ3) is 6.85. The maximum absolute atomic E-state index is 11.5. The van der Waals surface area contributed by atoms with Crippen molar-refractivity contribution >= 4 is 17.8 Å². The molecule has 1 amide bonds. The molecule has 1 atom stereocenters. The minimum absolute atomic E-state index is 0.0300. The molecule has 0 saturated carbocycles. The second kappa shape index (κ2) is 9.51. The van der Waals surface area contributed by atoms with Gasteiger partial charge in [0, 0.05) is 6.42 Å². The summed E-state index contributed by atoms with van der Waals surface area (Å²) in [5.74, 6) is -1.49. The summed E-state index contributed by atoms with van der Waals surface area (Å²) in [4.78, 5) is 34.0. The van der Waals surface area contributed by atoms with Crippen molar-refractivity contribution in [2.75, 3.05) is 13.7 Å². The molecule has 0 bridgehead atoms. The van der Waals surface area contributed by atoms with Crippen LogP contribution in [-0.4, -0.2) is 37.5 Å². The largest absolute Gasteiger partial charge is 0.468 e. The van der Waals surface area contributed by atoms with Crippen LogP contribution in [0.5, 0.6) is 0 Å². The summed E-state index contributed by atoms with van der Waals surface area (Å²) in [7, 11) is 1.23. The van der Waals surface area contributed by atoms with E-state index in [1.807, 2.05) is 30.3 Å². The molecule has 1 rings (SSSR count). The minimum Gasteiger partial charge on any atom is -0.468 e. The highest BCUT2D eigenvalue weighted by molar-refractivity contribution is 5.82. The molecular weight excluding hydrogens is 288 g/mol. The second-order valence-electron chi connectivity index (χ2n) is 4.59. The lowest BCUT2D eigenvalue weighted by Crippen LogP contribution is -2.35. The number of hydrogen-bond donors (Lipinski definition) is 2. The van der Waals surface area contributed by atoms with Crippen LogP contribution < -0.4 is 11.1 Å². The van der Waals surface area contributed by atoms with Crippen molar-refractivity contribution in [3.8, 4) is 0 Å². The second-order valence-corrected chi connectivity index (χ2v) is 4.59. The topological polar surface area (TPSA) is 108 Å². The van der Waals surface area contributed by atoms with Crippen molar-refractivity contribution in [2.24, 2.45) is 5.73 Å². The van der Waals surface area contributed by atoms with E-state index in [0.717, 1.165) is 5.56 Å². The Balaban J connectivity index is 2.18. The lowest BCUT2D eigenvalue weighted by atomic mass is 10.1. The Hall–Kier alpha value is -2.41. The molecule has 0 saturated heterocycles. The van der Waals surface area contributed by atoms with E-state index in [-0.39, 0.29) is 31.9 Å². The van der Waals surface area contributed by atoms with E-state index < -0.39 is 18.0 Å². The summed E-state index contributed by atoms with van der Waals surface area (Å²) in [6.07, 6.45) is 0.180. The zero-order valence-corrected chi connectivity index (χ0v) is 12.4. The Morgan fingerprint density at radius 3 is 2.55 bits per heavy atom. The van der Waals surface area contributed by atoms with Gasteiger partial charge in [0.2, 0.25) is 5.91 Å². The molecule has 3 N–H and O–H groups in total. The van der Waals surface area contributed by atoms with Crippen LogP contribution >= 0.6 is 0 Å². The van der Waals surface area contributed by atoms with Crippen LogP contribution in [0.15, 0.2) is 30.3 Å². The number of rotatable bonds is 8. The third-order valence-electron chi connectivity index (χ3n) is 2.86. The van der Waals surface area contributed by atoms with E-state index in [0.29, 0.717) is 0 Å². The van der Waals surface area contributed by atoms with Gasteiger partial charge in [0.25, 0.3) is 0 Å². The van der Waals surface area contributed by atoms with Gasteiger partial charge in [0.05, 0.1) is 7.11 Å². The van der Waals surface area contributed by atoms with Crippen molar-refractivity contribution in [3.63, 3.8) is 0 Å². The summed E-state index contributed by atoms with van der Waals surface area (Å²) in [5, 5.41) is 2.41. The highest BCUT2D eigenvalue weighted by Gasteiger charge is 2.15. The monoisotopic (exact) mass is 308 g/mol. The van der Waals surface area contributed by atoms with Crippen LogP contribution in [0.4, 0.5) is 0 Å². The molecule has 22 heavy (non-hydrogen) atoms. The molecule has 0 aliphatic heterocycles. The maximum atomic E-state index is 11.5. The Labute approximate surface area is 128 Å². The van der Waals surface area contributed by atoms with Crippen molar-refractivity contribution in [1.82, 2.24) is 5.32 Å². The fourth-order valence-corrected chi connectivity index (χ4v) is 1.60. The van der Waals surface area contributed by atoms with Crippen molar-refractivity contribution in [1.29, 1.82) is 0 Å². The van der Waals surface area contributed by atoms with Crippen molar-refractivity contribution in [2.45, 2.75) is 25.5 Å². The van der Waals surface area contributed by atoms with Crippen LogP contribution in [-0.2, 0) is 30.5 Å². The average molecular weight is 308 g/mol. The van der Waals surface area contributed by atoms with E-state index in [9.17, 15) is 14.4 Å². The fraction of sp³-hybridized carbons (Fsp3) is 0.400. The van der Waals surface area contributed by atoms with Gasteiger partial charge in [0.1, 0.15) is 19.2 Å². The van der Waals surface area contributed by atoms with Crippen LogP contribution in [0, 0.1) is 0 Å². The molecule has 0 aliphatic rings. The Bertz CT molecular complexity index is 504. The van der Waals surface area contributed by atoms with Gasteiger partial charge in [-0.1, -0.05) is 30.3 Å². The van der Waals surface area contributed by atoms with Gasteiger partial charge in [-0.05, 0) is 12.0 Å². The minimum atomic E-state index is -0.846. The molecule has 0 unspecified atom stereocenters. The van der Waals surface area contributed by atoms with Crippen LogP contribution in [0.25, 0.3) is 0 Å². The number of methoxy groups -OCH3 is 1. The van der Waals surface area contributed by atoms with E-state index >= 15 is 0 Å².